The molecule has 0 heteroatoms. The third-order valence-electron chi connectivity index (χ3n) is 5.69. The quantitative estimate of drug-likeness (QED) is 0.440. The van der Waals surface area contributed by atoms with Crippen LogP contribution in [0, 0.1) is 13.8 Å². The van der Waals surface area contributed by atoms with Crippen LogP contribution in [0.15, 0.2) is 66.2 Å². The molecule has 0 spiro atoms. The van der Waals surface area contributed by atoms with Crippen molar-refractivity contribution in [3.05, 3.63) is 88.5 Å². The second kappa shape index (κ2) is 7.56. The van der Waals surface area contributed by atoms with Crippen LogP contribution in [0.1, 0.15) is 48.4 Å². The van der Waals surface area contributed by atoms with Gasteiger partial charge in [0.2, 0.25) is 0 Å². The molecular formula is C27H28. The van der Waals surface area contributed by atoms with Crippen molar-refractivity contribution in [3.63, 3.8) is 0 Å². The Kier molecular flexibility index (Phi) is 4.99. The van der Waals surface area contributed by atoms with E-state index in [1.54, 1.807) is 5.57 Å². The van der Waals surface area contributed by atoms with Gasteiger partial charge in [0.25, 0.3) is 0 Å². The summed E-state index contributed by atoms with van der Waals surface area (Å²) < 4.78 is 0. The smallest absolute Gasteiger partial charge is 0.00514 e. The summed E-state index contributed by atoms with van der Waals surface area (Å²) in [6, 6.07) is 22.6. The van der Waals surface area contributed by atoms with Crippen LogP contribution >= 0.6 is 0 Å². The van der Waals surface area contributed by atoms with E-state index in [2.05, 4.69) is 87.5 Å². The van der Waals surface area contributed by atoms with E-state index in [1.165, 1.54) is 63.8 Å². The number of fused-ring (bicyclic) bond motifs is 1. The molecule has 0 amide bonds. The predicted octanol–water partition coefficient (Wildman–Crippen LogP) is 7.77. The van der Waals surface area contributed by atoms with Crippen LogP contribution in [0.4, 0.5) is 0 Å². The van der Waals surface area contributed by atoms with Crippen molar-refractivity contribution < 1.29 is 0 Å². The van der Waals surface area contributed by atoms with E-state index in [1.807, 2.05) is 0 Å². The van der Waals surface area contributed by atoms with Crippen molar-refractivity contribution in [1.82, 2.24) is 0 Å². The fourth-order valence-electron chi connectivity index (χ4n) is 4.06. The van der Waals surface area contributed by atoms with Crippen LogP contribution in [0.5, 0.6) is 0 Å². The maximum absolute atomic E-state index is 2.47. The SMILES string of the molecule is CCCCC1=Cc2c(-c3ccc(C)cc3)ccc(-c3ccc(C)cc3)c2C1. The number of hydrogen-bond donors (Lipinski definition) is 0. The fraction of sp³-hybridized carbons (Fsp3) is 0.259. The largest absolute Gasteiger partial charge is 0.0654 e. The first-order valence-corrected chi connectivity index (χ1v) is 10.1. The number of allylic oxidation sites excluding steroid dienone is 1. The minimum absolute atomic E-state index is 1.10. The summed E-state index contributed by atoms with van der Waals surface area (Å²) in [5.74, 6) is 0. The van der Waals surface area contributed by atoms with Gasteiger partial charge in [0.15, 0.2) is 0 Å². The summed E-state index contributed by atoms with van der Waals surface area (Å²) >= 11 is 0. The monoisotopic (exact) mass is 352 g/mol. The molecule has 0 radical (unpaired) electrons. The first-order valence-electron chi connectivity index (χ1n) is 10.1. The van der Waals surface area contributed by atoms with E-state index in [0.29, 0.717) is 0 Å². The highest BCUT2D eigenvalue weighted by Gasteiger charge is 2.20. The average molecular weight is 353 g/mol. The molecule has 0 N–H and O–H groups in total. The summed E-state index contributed by atoms with van der Waals surface area (Å²) in [6.07, 6.45) is 7.31. The molecule has 1 aliphatic rings. The molecule has 136 valence electrons. The number of rotatable bonds is 5. The van der Waals surface area contributed by atoms with Gasteiger partial charge in [-0.05, 0) is 66.5 Å². The molecule has 0 aromatic heterocycles. The minimum Gasteiger partial charge on any atom is -0.0654 e. The first kappa shape index (κ1) is 17.8. The van der Waals surface area contributed by atoms with Crippen molar-refractivity contribution >= 4 is 6.08 Å². The molecule has 27 heavy (non-hydrogen) atoms. The lowest BCUT2D eigenvalue weighted by atomic mass is 9.90. The van der Waals surface area contributed by atoms with Gasteiger partial charge in [-0.15, -0.1) is 0 Å². The lowest BCUT2D eigenvalue weighted by Crippen LogP contribution is -1.94. The number of hydrogen-bond acceptors (Lipinski definition) is 0. The molecule has 3 aromatic carbocycles. The molecule has 0 saturated carbocycles. The van der Waals surface area contributed by atoms with Crippen LogP contribution in [0.25, 0.3) is 28.3 Å². The number of aryl methyl sites for hydroxylation is 2. The zero-order chi connectivity index (χ0) is 18.8. The Labute approximate surface area is 163 Å². The Bertz CT molecular complexity index is 970. The highest BCUT2D eigenvalue weighted by Crippen LogP contribution is 2.41. The molecule has 4 rings (SSSR count). The van der Waals surface area contributed by atoms with Gasteiger partial charge in [0, 0.05) is 0 Å². The summed E-state index contributed by atoms with van der Waals surface area (Å²) in [5.41, 5.74) is 12.6. The lowest BCUT2D eigenvalue weighted by Gasteiger charge is -2.14. The normalized spacial score (nSPS) is 12.8. The Balaban J connectivity index is 1.82. The van der Waals surface area contributed by atoms with Crippen LogP contribution in [0.2, 0.25) is 0 Å². The Morgan fingerprint density at radius 2 is 1.26 bits per heavy atom. The van der Waals surface area contributed by atoms with Crippen LogP contribution in [-0.2, 0) is 6.42 Å². The van der Waals surface area contributed by atoms with Gasteiger partial charge < -0.3 is 0 Å². The maximum atomic E-state index is 2.47. The van der Waals surface area contributed by atoms with Gasteiger partial charge in [0.05, 0.1) is 0 Å². The average Bonchev–Trinajstić information content (AvgIpc) is 3.11. The summed E-state index contributed by atoms with van der Waals surface area (Å²) in [4.78, 5) is 0. The number of unbranched alkanes of at least 4 members (excludes halogenated alkanes) is 1. The van der Waals surface area contributed by atoms with E-state index in [4.69, 9.17) is 0 Å². The topological polar surface area (TPSA) is 0 Å². The van der Waals surface area contributed by atoms with Crippen molar-refractivity contribution in [2.45, 2.75) is 46.5 Å². The standard InChI is InChI=1S/C27H28/c1-4-5-6-21-17-26-24(22-11-7-19(2)8-12-22)15-16-25(27(26)18-21)23-13-9-20(3)10-14-23/h7-17H,4-6,18H2,1-3H3. The van der Waals surface area contributed by atoms with Gasteiger partial charge in [0.1, 0.15) is 0 Å². The second-order valence-electron chi connectivity index (χ2n) is 7.87. The van der Waals surface area contributed by atoms with Crippen LogP contribution in [-0.4, -0.2) is 0 Å². The molecule has 0 bridgehead atoms. The molecule has 3 aromatic rings. The van der Waals surface area contributed by atoms with Crippen molar-refractivity contribution in [1.29, 1.82) is 0 Å². The van der Waals surface area contributed by atoms with Crippen molar-refractivity contribution in [2.75, 3.05) is 0 Å². The molecule has 0 nitrogen and oxygen atoms in total. The molecule has 0 atom stereocenters. The van der Waals surface area contributed by atoms with Gasteiger partial charge >= 0.3 is 0 Å². The predicted molar refractivity (Wildman–Crippen MR) is 118 cm³/mol. The molecule has 0 heterocycles. The summed E-state index contributed by atoms with van der Waals surface area (Å²) in [5, 5.41) is 0. The Hall–Kier alpha value is -2.60. The minimum atomic E-state index is 1.10. The van der Waals surface area contributed by atoms with Gasteiger partial charge in [-0.1, -0.05) is 96.8 Å². The molecule has 0 fully saturated rings. The molecular weight excluding hydrogens is 324 g/mol. The van der Waals surface area contributed by atoms with Gasteiger partial charge in [-0.2, -0.15) is 0 Å². The van der Waals surface area contributed by atoms with Crippen molar-refractivity contribution in [2.24, 2.45) is 0 Å². The third-order valence-corrected chi connectivity index (χ3v) is 5.69. The lowest BCUT2D eigenvalue weighted by molar-refractivity contribution is 0.779. The molecule has 0 unspecified atom stereocenters. The van der Waals surface area contributed by atoms with Gasteiger partial charge in [-0.25, -0.2) is 0 Å². The van der Waals surface area contributed by atoms with E-state index in [-0.39, 0.29) is 0 Å². The summed E-state index contributed by atoms with van der Waals surface area (Å²) in [7, 11) is 0. The second-order valence-corrected chi connectivity index (χ2v) is 7.87. The Morgan fingerprint density at radius 3 is 1.85 bits per heavy atom. The highest BCUT2D eigenvalue weighted by atomic mass is 14.2. The first-order chi connectivity index (χ1) is 13.2. The summed E-state index contributed by atoms with van der Waals surface area (Å²) in [6.45, 7) is 6.58. The van der Waals surface area contributed by atoms with E-state index >= 15 is 0 Å². The fourth-order valence-corrected chi connectivity index (χ4v) is 4.06. The van der Waals surface area contributed by atoms with Gasteiger partial charge in [-0.3, -0.25) is 0 Å². The highest BCUT2D eigenvalue weighted by molar-refractivity contribution is 5.87. The maximum Gasteiger partial charge on any atom is -0.00514 e. The van der Waals surface area contributed by atoms with Crippen LogP contribution in [0.3, 0.4) is 0 Å². The van der Waals surface area contributed by atoms with E-state index in [0.717, 1.165) is 6.42 Å². The zero-order valence-corrected chi connectivity index (χ0v) is 16.7. The third kappa shape index (κ3) is 3.62. The molecule has 0 saturated heterocycles. The van der Waals surface area contributed by atoms with E-state index in [9.17, 15) is 0 Å². The molecule has 1 aliphatic carbocycles. The van der Waals surface area contributed by atoms with Crippen molar-refractivity contribution in [3.8, 4) is 22.3 Å². The number of benzene rings is 3. The van der Waals surface area contributed by atoms with Crippen LogP contribution < -0.4 is 0 Å². The Morgan fingerprint density at radius 1 is 0.704 bits per heavy atom. The van der Waals surface area contributed by atoms with E-state index < -0.39 is 0 Å². The molecule has 0 aliphatic heterocycles. The zero-order valence-electron chi connectivity index (χ0n) is 16.7.